The Morgan fingerprint density at radius 3 is 2.95 bits per heavy atom. The summed E-state index contributed by atoms with van der Waals surface area (Å²) in [5.74, 6) is 0. The molecule has 0 aliphatic heterocycles. The van der Waals surface area contributed by atoms with Gasteiger partial charge < -0.3 is 10.2 Å². The van der Waals surface area contributed by atoms with E-state index in [-0.39, 0.29) is 0 Å². The number of aromatic nitrogens is 1. The lowest BCUT2D eigenvalue weighted by molar-refractivity contribution is 0.687. The predicted octanol–water partition coefficient (Wildman–Crippen LogP) is 4.03. The fraction of sp³-hybridized carbons (Fsp3) is 0.438. The summed E-state index contributed by atoms with van der Waals surface area (Å²) >= 11 is 1.82. The van der Waals surface area contributed by atoms with Crippen LogP contribution in [0.1, 0.15) is 25.1 Å². The summed E-state index contributed by atoms with van der Waals surface area (Å²) < 4.78 is 0. The number of hydrogen-bond acceptors (Lipinski definition) is 4. The monoisotopic (exact) mass is 289 g/mol. The number of rotatable bonds is 7. The second-order valence-electron chi connectivity index (χ2n) is 5.10. The predicted molar refractivity (Wildman–Crippen MR) is 88.9 cm³/mol. The van der Waals surface area contributed by atoms with Crippen LogP contribution in [0.25, 0.3) is 0 Å². The summed E-state index contributed by atoms with van der Waals surface area (Å²) in [5.41, 5.74) is 2.26. The maximum atomic E-state index is 4.34. The molecule has 3 nitrogen and oxygen atoms in total. The van der Waals surface area contributed by atoms with E-state index >= 15 is 0 Å². The highest BCUT2D eigenvalue weighted by molar-refractivity contribution is 7.09. The standard InChI is InChI=1S/C16H23N3S/c1-4-7-18-14-10-15(12-17-11-14)19(3)13(2)9-16-6-5-8-20-16/h5-6,8,10-13,18H,4,7,9H2,1-3H3. The number of thiophene rings is 1. The quantitative estimate of drug-likeness (QED) is 0.834. The summed E-state index contributed by atoms with van der Waals surface area (Å²) in [7, 11) is 2.14. The van der Waals surface area contributed by atoms with Crippen LogP contribution in [0.15, 0.2) is 36.0 Å². The molecule has 1 unspecified atom stereocenters. The molecule has 2 heterocycles. The molecule has 0 saturated heterocycles. The molecule has 4 heteroatoms. The van der Waals surface area contributed by atoms with Crippen molar-refractivity contribution >= 4 is 22.7 Å². The van der Waals surface area contributed by atoms with E-state index in [0.29, 0.717) is 6.04 Å². The van der Waals surface area contributed by atoms with Crippen molar-refractivity contribution in [3.05, 3.63) is 40.8 Å². The van der Waals surface area contributed by atoms with Crippen LogP contribution >= 0.6 is 11.3 Å². The van der Waals surface area contributed by atoms with Crippen molar-refractivity contribution < 1.29 is 0 Å². The SMILES string of the molecule is CCCNc1cncc(N(C)C(C)Cc2cccs2)c1. The van der Waals surface area contributed by atoms with E-state index in [0.717, 1.165) is 30.8 Å². The Bertz CT molecular complexity index is 510. The third kappa shape index (κ3) is 3.97. The molecule has 0 aromatic carbocycles. The Morgan fingerprint density at radius 1 is 1.40 bits per heavy atom. The molecule has 1 atom stereocenters. The van der Waals surface area contributed by atoms with E-state index in [1.165, 1.54) is 4.88 Å². The van der Waals surface area contributed by atoms with Gasteiger partial charge in [-0.2, -0.15) is 0 Å². The van der Waals surface area contributed by atoms with Gasteiger partial charge in [-0.3, -0.25) is 4.98 Å². The molecular weight excluding hydrogens is 266 g/mol. The van der Waals surface area contributed by atoms with Crippen LogP contribution in [0.5, 0.6) is 0 Å². The number of hydrogen-bond donors (Lipinski definition) is 1. The van der Waals surface area contributed by atoms with Gasteiger partial charge in [0.15, 0.2) is 0 Å². The van der Waals surface area contributed by atoms with Crippen LogP contribution < -0.4 is 10.2 Å². The van der Waals surface area contributed by atoms with Crippen LogP contribution in [-0.2, 0) is 6.42 Å². The van der Waals surface area contributed by atoms with Crippen molar-refractivity contribution in [3.63, 3.8) is 0 Å². The molecule has 0 saturated carbocycles. The number of nitrogens with one attached hydrogen (secondary N) is 1. The first-order valence-electron chi connectivity index (χ1n) is 7.15. The number of likely N-dealkylation sites (N-methyl/N-ethyl adjacent to an activating group) is 1. The normalized spacial score (nSPS) is 12.2. The lowest BCUT2D eigenvalue weighted by Crippen LogP contribution is -2.30. The van der Waals surface area contributed by atoms with Gasteiger partial charge in [-0.1, -0.05) is 13.0 Å². The Morgan fingerprint density at radius 2 is 2.25 bits per heavy atom. The Hall–Kier alpha value is -1.55. The molecular formula is C16H23N3S. The molecule has 0 bridgehead atoms. The molecule has 0 aliphatic rings. The Balaban J connectivity index is 2.02. The van der Waals surface area contributed by atoms with Gasteiger partial charge in [-0.05, 0) is 30.9 Å². The highest BCUT2D eigenvalue weighted by atomic mass is 32.1. The summed E-state index contributed by atoms with van der Waals surface area (Å²) in [6.07, 6.45) is 6.01. The van der Waals surface area contributed by atoms with Gasteiger partial charge in [0.25, 0.3) is 0 Å². The van der Waals surface area contributed by atoms with Gasteiger partial charge in [-0.15, -0.1) is 11.3 Å². The topological polar surface area (TPSA) is 28.2 Å². The molecule has 2 aromatic heterocycles. The fourth-order valence-electron chi connectivity index (χ4n) is 2.10. The first kappa shape index (κ1) is 14.9. The van der Waals surface area contributed by atoms with E-state index in [4.69, 9.17) is 0 Å². The van der Waals surface area contributed by atoms with Gasteiger partial charge in [0.05, 0.1) is 23.8 Å². The van der Waals surface area contributed by atoms with E-state index in [1.54, 1.807) is 0 Å². The van der Waals surface area contributed by atoms with E-state index in [9.17, 15) is 0 Å². The van der Waals surface area contributed by atoms with Crippen molar-refractivity contribution in [1.29, 1.82) is 0 Å². The molecule has 0 radical (unpaired) electrons. The number of pyridine rings is 1. The van der Waals surface area contributed by atoms with Crippen molar-refractivity contribution in [2.75, 3.05) is 23.8 Å². The van der Waals surface area contributed by atoms with Crippen molar-refractivity contribution in [2.24, 2.45) is 0 Å². The van der Waals surface area contributed by atoms with E-state index in [1.807, 2.05) is 23.7 Å². The van der Waals surface area contributed by atoms with Crippen LogP contribution in [0.2, 0.25) is 0 Å². The van der Waals surface area contributed by atoms with Crippen LogP contribution in [-0.4, -0.2) is 24.6 Å². The molecule has 0 fully saturated rings. The third-order valence-corrected chi connectivity index (χ3v) is 4.35. The van der Waals surface area contributed by atoms with Gasteiger partial charge in [0.1, 0.15) is 0 Å². The van der Waals surface area contributed by atoms with Crippen molar-refractivity contribution in [1.82, 2.24) is 4.98 Å². The van der Waals surface area contributed by atoms with Crippen LogP contribution in [0.4, 0.5) is 11.4 Å². The molecule has 108 valence electrons. The minimum atomic E-state index is 0.455. The van der Waals surface area contributed by atoms with Crippen LogP contribution in [0.3, 0.4) is 0 Å². The number of anilines is 2. The minimum absolute atomic E-state index is 0.455. The molecule has 0 spiro atoms. The average molecular weight is 289 g/mol. The van der Waals surface area contributed by atoms with E-state index in [2.05, 4.69) is 59.7 Å². The third-order valence-electron chi connectivity index (χ3n) is 3.45. The molecule has 2 rings (SSSR count). The summed E-state index contributed by atoms with van der Waals surface area (Å²) in [6.45, 7) is 5.41. The average Bonchev–Trinajstić information content (AvgIpc) is 2.97. The van der Waals surface area contributed by atoms with Crippen molar-refractivity contribution in [3.8, 4) is 0 Å². The largest absolute Gasteiger partial charge is 0.384 e. The zero-order valence-electron chi connectivity index (χ0n) is 12.5. The first-order chi connectivity index (χ1) is 9.70. The smallest absolute Gasteiger partial charge is 0.0573 e. The van der Waals surface area contributed by atoms with Crippen LogP contribution in [0, 0.1) is 0 Å². The fourth-order valence-corrected chi connectivity index (χ4v) is 2.92. The van der Waals surface area contributed by atoms with Crippen molar-refractivity contribution in [2.45, 2.75) is 32.7 Å². The van der Waals surface area contributed by atoms with Gasteiger partial charge >= 0.3 is 0 Å². The molecule has 2 aromatic rings. The number of nitrogens with zero attached hydrogens (tertiary/aromatic N) is 2. The minimum Gasteiger partial charge on any atom is -0.384 e. The summed E-state index contributed by atoms with van der Waals surface area (Å²) in [5, 5.41) is 5.52. The molecule has 20 heavy (non-hydrogen) atoms. The molecule has 0 amide bonds. The summed E-state index contributed by atoms with van der Waals surface area (Å²) in [6, 6.07) is 6.95. The second kappa shape index (κ2) is 7.29. The lowest BCUT2D eigenvalue weighted by atomic mass is 10.1. The Labute approximate surface area is 125 Å². The second-order valence-corrected chi connectivity index (χ2v) is 6.13. The first-order valence-corrected chi connectivity index (χ1v) is 8.02. The molecule has 0 aliphatic carbocycles. The maximum Gasteiger partial charge on any atom is 0.0573 e. The van der Waals surface area contributed by atoms with Gasteiger partial charge in [-0.25, -0.2) is 0 Å². The van der Waals surface area contributed by atoms with Gasteiger partial charge in [0, 0.05) is 30.9 Å². The highest BCUT2D eigenvalue weighted by Gasteiger charge is 2.12. The summed E-state index contributed by atoms with van der Waals surface area (Å²) in [4.78, 5) is 8.06. The van der Waals surface area contributed by atoms with Gasteiger partial charge in [0.2, 0.25) is 0 Å². The zero-order valence-corrected chi connectivity index (χ0v) is 13.3. The highest BCUT2D eigenvalue weighted by Crippen LogP contribution is 2.21. The Kier molecular flexibility index (Phi) is 5.41. The lowest BCUT2D eigenvalue weighted by Gasteiger charge is -2.26. The van der Waals surface area contributed by atoms with E-state index < -0.39 is 0 Å². The maximum absolute atomic E-state index is 4.34. The molecule has 1 N–H and O–H groups in total. The zero-order chi connectivity index (χ0) is 14.4.